The van der Waals surface area contributed by atoms with Gasteiger partial charge in [-0.05, 0) is 17.0 Å². The number of aromatic carboxylic acids is 1. The molecule has 0 atom stereocenters. The highest BCUT2D eigenvalue weighted by molar-refractivity contribution is 5.88. The van der Waals surface area contributed by atoms with Gasteiger partial charge in [0.25, 0.3) is 0 Å². The number of hydrogen-bond donors (Lipinski definition) is 1. The van der Waals surface area contributed by atoms with E-state index in [1.165, 1.54) is 6.07 Å². The normalized spacial score (nSPS) is 11.5. The number of halogens is 2. The highest BCUT2D eigenvalue weighted by atomic mass is 19.1. The van der Waals surface area contributed by atoms with Crippen LogP contribution in [0.3, 0.4) is 0 Å². The first-order chi connectivity index (χ1) is 6.75. The highest BCUT2D eigenvalue weighted by Gasteiger charge is 2.25. The molecule has 0 aliphatic heterocycles. The molecule has 0 bridgehead atoms. The zero-order valence-electron chi connectivity index (χ0n) is 8.77. The van der Waals surface area contributed by atoms with Crippen molar-refractivity contribution in [3.05, 3.63) is 34.9 Å². The molecule has 0 saturated heterocycles. The molecule has 0 amide bonds. The second kappa shape index (κ2) is 3.61. The molecule has 15 heavy (non-hydrogen) atoms. The number of rotatable bonds is 1. The van der Waals surface area contributed by atoms with Gasteiger partial charge < -0.3 is 5.11 Å². The lowest BCUT2D eigenvalue weighted by molar-refractivity contribution is 0.0686. The Morgan fingerprint density at radius 2 is 1.80 bits per heavy atom. The first-order valence-corrected chi connectivity index (χ1v) is 4.47. The van der Waals surface area contributed by atoms with Gasteiger partial charge in [-0.2, -0.15) is 0 Å². The molecule has 1 rings (SSSR count). The van der Waals surface area contributed by atoms with Crippen molar-refractivity contribution in [2.75, 3.05) is 0 Å². The van der Waals surface area contributed by atoms with E-state index in [9.17, 15) is 13.6 Å². The molecule has 1 aromatic rings. The Morgan fingerprint density at radius 1 is 1.27 bits per heavy atom. The Hall–Kier alpha value is -1.45. The molecule has 0 saturated carbocycles. The van der Waals surface area contributed by atoms with Gasteiger partial charge in [0.2, 0.25) is 0 Å². The molecule has 4 heteroatoms. The molecular weight excluding hydrogens is 202 g/mol. The standard InChI is InChI=1S/C11H12F2O2/c1-11(2,3)6-4-5-7(12)8(9(6)13)10(14)15/h4-5H,1-3H3,(H,14,15). The summed E-state index contributed by atoms with van der Waals surface area (Å²) < 4.78 is 26.7. The number of carboxylic acid groups (broad SMARTS) is 1. The number of benzene rings is 1. The van der Waals surface area contributed by atoms with Gasteiger partial charge in [0, 0.05) is 0 Å². The van der Waals surface area contributed by atoms with E-state index >= 15 is 0 Å². The van der Waals surface area contributed by atoms with Crippen LogP contribution in [-0.4, -0.2) is 11.1 Å². The van der Waals surface area contributed by atoms with Crippen molar-refractivity contribution in [3.63, 3.8) is 0 Å². The van der Waals surface area contributed by atoms with Crippen LogP contribution in [0.1, 0.15) is 36.7 Å². The van der Waals surface area contributed by atoms with Crippen LogP contribution in [0.15, 0.2) is 12.1 Å². The first-order valence-electron chi connectivity index (χ1n) is 4.47. The monoisotopic (exact) mass is 214 g/mol. The fourth-order valence-electron chi connectivity index (χ4n) is 1.33. The molecule has 1 aromatic carbocycles. The summed E-state index contributed by atoms with van der Waals surface area (Å²) in [5, 5.41) is 8.66. The Kier molecular flexibility index (Phi) is 2.79. The van der Waals surface area contributed by atoms with Gasteiger partial charge in [-0.3, -0.25) is 0 Å². The van der Waals surface area contributed by atoms with Crippen LogP contribution in [-0.2, 0) is 5.41 Å². The van der Waals surface area contributed by atoms with E-state index in [-0.39, 0.29) is 5.56 Å². The molecule has 2 nitrogen and oxygen atoms in total. The van der Waals surface area contributed by atoms with Crippen LogP contribution in [0.5, 0.6) is 0 Å². The Bertz CT molecular complexity index is 406. The van der Waals surface area contributed by atoms with Gasteiger partial charge in [0.1, 0.15) is 17.2 Å². The summed E-state index contributed by atoms with van der Waals surface area (Å²) in [7, 11) is 0. The van der Waals surface area contributed by atoms with Crippen LogP contribution in [0.2, 0.25) is 0 Å². The van der Waals surface area contributed by atoms with Crippen molar-refractivity contribution in [2.45, 2.75) is 26.2 Å². The fraction of sp³-hybridized carbons (Fsp3) is 0.364. The van der Waals surface area contributed by atoms with E-state index in [1.54, 1.807) is 20.8 Å². The minimum Gasteiger partial charge on any atom is -0.477 e. The number of hydrogen-bond acceptors (Lipinski definition) is 1. The number of carboxylic acids is 1. The third-order valence-electron chi connectivity index (χ3n) is 2.11. The molecule has 1 N–H and O–H groups in total. The maximum Gasteiger partial charge on any atom is 0.341 e. The van der Waals surface area contributed by atoms with Crippen molar-refractivity contribution in [3.8, 4) is 0 Å². The minimum atomic E-state index is -1.59. The quantitative estimate of drug-likeness (QED) is 0.780. The van der Waals surface area contributed by atoms with E-state index in [0.717, 1.165) is 6.07 Å². The molecule has 0 aliphatic carbocycles. The highest BCUT2D eigenvalue weighted by Crippen LogP contribution is 2.28. The summed E-state index contributed by atoms with van der Waals surface area (Å²) in [6.07, 6.45) is 0. The van der Waals surface area contributed by atoms with E-state index in [0.29, 0.717) is 0 Å². The largest absolute Gasteiger partial charge is 0.477 e. The van der Waals surface area contributed by atoms with Crippen molar-refractivity contribution >= 4 is 5.97 Å². The van der Waals surface area contributed by atoms with Gasteiger partial charge in [-0.1, -0.05) is 26.8 Å². The van der Waals surface area contributed by atoms with Gasteiger partial charge in [-0.15, -0.1) is 0 Å². The molecule has 82 valence electrons. The maximum atomic E-state index is 13.7. The SMILES string of the molecule is CC(C)(C)c1ccc(F)c(C(=O)O)c1F. The lowest BCUT2D eigenvalue weighted by atomic mass is 9.85. The molecule has 0 aliphatic rings. The summed E-state index contributed by atoms with van der Waals surface area (Å²) in [6, 6.07) is 2.25. The lowest BCUT2D eigenvalue weighted by Gasteiger charge is -2.20. The van der Waals surface area contributed by atoms with Gasteiger partial charge in [-0.25, -0.2) is 13.6 Å². The average molecular weight is 214 g/mol. The minimum absolute atomic E-state index is 0.196. The van der Waals surface area contributed by atoms with E-state index in [1.807, 2.05) is 0 Å². The van der Waals surface area contributed by atoms with Crippen LogP contribution >= 0.6 is 0 Å². The molecular formula is C11H12F2O2. The third kappa shape index (κ3) is 2.14. The lowest BCUT2D eigenvalue weighted by Crippen LogP contribution is -2.17. The molecule has 0 unspecified atom stereocenters. The van der Waals surface area contributed by atoms with Crippen molar-refractivity contribution in [1.82, 2.24) is 0 Å². The zero-order chi connectivity index (χ0) is 11.8. The van der Waals surface area contributed by atoms with Crippen molar-refractivity contribution in [1.29, 1.82) is 0 Å². The van der Waals surface area contributed by atoms with Crippen LogP contribution in [0, 0.1) is 11.6 Å². The molecule has 0 aromatic heterocycles. The van der Waals surface area contributed by atoms with E-state index in [2.05, 4.69) is 0 Å². The summed E-state index contributed by atoms with van der Waals surface area (Å²) >= 11 is 0. The smallest absolute Gasteiger partial charge is 0.341 e. The van der Waals surface area contributed by atoms with Crippen LogP contribution in [0.4, 0.5) is 8.78 Å². The Balaban J connectivity index is 3.49. The van der Waals surface area contributed by atoms with Crippen LogP contribution in [0.25, 0.3) is 0 Å². The average Bonchev–Trinajstić information content (AvgIpc) is 2.00. The molecule has 0 heterocycles. The van der Waals surface area contributed by atoms with Crippen molar-refractivity contribution < 1.29 is 18.7 Å². The summed E-state index contributed by atoms with van der Waals surface area (Å²) in [4.78, 5) is 10.6. The van der Waals surface area contributed by atoms with Gasteiger partial charge in [0.05, 0.1) is 0 Å². The molecule has 0 radical (unpaired) electrons. The Morgan fingerprint density at radius 3 is 2.20 bits per heavy atom. The van der Waals surface area contributed by atoms with E-state index in [4.69, 9.17) is 5.11 Å². The molecule has 0 spiro atoms. The van der Waals surface area contributed by atoms with E-state index < -0.39 is 28.6 Å². The summed E-state index contributed by atoms with van der Waals surface area (Å²) in [6.45, 7) is 5.19. The summed E-state index contributed by atoms with van der Waals surface area (Å²) in [5.41, 5.74) is -1.24. The zero-order valence-corrected chi connectivity index (χ0v) is 8.77. The fourth-order valence-corrected chi connectivity index (χ4v) is 1.33. The summed E-state index contributed by atoms with van der Waals surface area (Å²) in [5.74, 6) is -3.63. The van der Waals surface area contributed by atoms with Crippen molar-refractivity contribution in [2.24, 2.45) is 0 Å². The second-order valence-electron chi connectivity index (χ2n) is 4.34. The predicted octanol–water partition coefficient (Wildman–Crippen LogP) is 2.96. The first kappa shape index (κ1) is 11.6. The number of carbonyl (C=O) groups is 1. The second-order valence-corrected chi connectivity index (χ2v) is 4.34. The van der Waals surface area contributed by atoms with Crippen LogP contribution < -0.4 is 0 Å². The van der Waals surface area contributed by atoms with Gasteiger partial charge in [0.15, 0.2) is 0 Å². The Labute approximate surface area is 86.5 Å². The molecule has 0 fully saturated rings. The topological polar surface area (TPSA) is 37.3 Å². The third-order valence-corrected chi connectivity index (χ3v) is 2.11. The maximum absolute atomic E-state index is 13.7. The predicted molar refractivity (Wildman–Crippen MR) is 52.0 cm³/mol. The van der Waals surface area contributed by atoms with Gasteiger partial charge >= 0.3 is 5.97 Å².